The lowest BCUT2D eigenvalue weighted by molar-refractivity contribution is 0.351. The topological polar surface area (TPSA) is 34.1 Å². The zero-order valence-electron chi connectivity index (χ0n) is 11.7. The van der Waals surface area contributed by atoms with Crippen molar-refractivity contribution in [1.82, 2.24) is 10.3 Å². The fourth-order valence-corrected chi connectivity index (χ4v) is 3.31. The molecule has 0 saturated carbocycles. The van der Waals surface area contributed by atoms with Crippen LogP contribution in [-0.2, 0) is 12.8 Å². The molecule has 0 aliphatic carbocycles. The van der Waals surface area contributed by atoms with Crippen LogP contribution in [0.15, 0.2) is 35.1 Å². The maximum absolute atomic E-state index is 13.9. The minimum atomic E-state index is -0.288. The van der Waals surface area contributed by atoms with Crippen molar-refractivity contribution >= 4 is 15.9 Å². The Balaban J connectivity index is 1.94. The van der Waals surface area contributed by atoms with Crippen LogP contribution in [0.25, 0.3) is 0 Å². The van der Waals surface area contributed by atoms with Crippen molar-refractivity contribution in [1.29, 1.82) is 0 Å². The summed E-state index contributed by atoms with van der Waals surface area (Å²) in [6.07, 6.45) is 4.46. The van der Waals surface area contributed by atoms with E-state index in [1.807, 2.05) is 13.1 Å². The Labute approximate surface area is 131 Å². The minimum absolute atomic E-state index is 0.115. The molecule has 110 valence electrons. The Kier molecular flexibility index (Phi) is 4.22. The average molecular weight is 351 g/mol. The van der Waals surface area contributed by atoms with E-state index in [2.05, 4.69) is 32.3 Å². The number of nitrogens with zero attached hydrogens (tertiary/aromatic N) is 1. The third-order valence-electron chi connectivity index (χ3n) is 3.78. The summed E-state index contributed by atoms with van der Waals surface area (Å²) in [6.45, 7) is 0.715. The molecular weight excluding hydrogens is 335 g/mol. The number of fused-ring (bicyclic) bond motifs is 1. The molecular formula is C16H16BrFN2O. The molecule has 3 rings (SSSR count). The molecule has 0 fully saturated rings. The standard InChI is InChI=1S/C16H16BrFN2O/c1-19-15(13-2-4-20-9-14(13)18)8-11-7-12(17)6-10-3-5-21-16(10)11/h2,4,6-7,9,15,19H,3,5,8H2,1H3. The highest BCUT2D eigenvalue weighted by Gasteiger charge is 2.21. The van der Waals surface area contributed by atoms with Crippen molar-refractivity contribution < 1.29 is 9.13 Å². The van der Waals surface area contributed by atoms with Crippen molar-refractivity contribution in [2.45, 2.75) is 18.9 Å². The summed E-state index contributed by atoms with van der Waals surface area (Å²) in [7, 11) is 1.84. The van der Waals surface area contributed by atoms with Gasteiger partial charge in [0.2, 0.25) is 0 Å². The minimum Gasteiger partial charge on any atom is -0.493 e. The highest BCUT2D eigenvalue weighted by Crippen LogP contribution is 2.35. The summed E-state index contributed by atoms with van der Waals surface area (Å²) < 4.78 is 20.7. The molecule has 1 aliphatic rings. The third kappa shape index (κ3) is 2.94. The lowest BCUT2D eigenvalue weighted by atomic mass is 9.97. The number of ether oxygens (including phenoxy) is 1. The number of nitrogens with one attached hydrogen (secondary N) is 1. The maximum Gasteiger partial charge on any atom is 0.146 e. The van der Waals surface area contributed by atoms with E-state index in [1.165, 1.54) is 11.8 Å². The van der Waals surface area contributed by atoms with Gasteiger partial charge in [0.05, 0.1) is 12.8 Å². The number of rotatable bonds is 4. The van der Waals surface area contributed by atoms with Gasteiger partial charge in [0.25, 0.3) is 0 Å². The van der Waals surface area contributed by atoms with Gasteiger partial charge in [-0.05, 0) is 42.8 Å². The van der Waals surface area contributed by atoms with Gasteiger partial charge in [-0.1, -0.05) is 15.9 Å². The van der Waals surface area contributed by atoms with Crippen LogP contribution in [0.4, 0.5) is 4.39 Å². The lowest BCUT2D eigenvalue weighted by Gasteiger charge is -2.19. The van der Waals surface area contributed by atoms with E-state index in [9.17, 15) is 4.39 Å². The smallest absolute Gasteiger partial charge is 0.146 e. The summed E-state index contributed by atoms with van der Waals surface area (Å²) in [5.41, 5.74) is 2.93. The second kappa shape index (κ2) is 6.12. The molecule has 0 amide bonds. The first kappa shape index (κ1) is 14.5. The van der Waals surface area contributed by atoms with Crippen molar-refractivity contribution in [3.05, 3.63) is 57.6 Å². The van der Waals surface area contributed by atoms with Crippen LogP contribution < -0.4 is 10.1 Å². The van der Waals surface area contributed by atoms with E-state index in [-0.39, 0.29) is 11.9 Å². The highest BCUT2D eigenvalue weighted by atomic mass is 79.9. The molecule has 0 bridgehead atoms. The van der Waals surface area contributed by atoms with Gasteiger partial charge in [-0.15, -0.1) is 0 Å². The Hall–Kier alpha value is -1.46. The first-order chi connectivity index (χ1) is 10.2. The van der Waals surface area contributed by atoms with Crippen LogP contribution >= 0.6 is 15.9 Å². The molecule has 2 heterocycles. The molecule has 1 aromatic carbocycles. The van der Waals surface area contributed by atoms with E-state index in [0.29, 0.717) is 18.6 Å². The van der Waals surface area contributed by atoms with E-state index in [1.54, 1.807) is 12.3 Å². The highest BCUT2D eigenvalue weighted by molar-refractivity contribution is 9.10. The number of aromatic nitrogens is 1. The fraction of sp³-hybridized carbons (Fsp3) is 0.312. The van der Waals surface area contributed by atoms with E-state index in [4.69, 9.17) is 4.74 Å². The Bertz CT molecular complexity index is 663. The number of likely N-dealkylation sites (N-methyl/N-ethyl adjacent to an activating group) is 1. The van der Waals surface area contributed by atoms with Gasteiger partial charge in [0, 0.05) is 28.7 Å². The van der Waals surface area contributed by atoms with Crippen molar-refractivity contribution in [3.8, 4) is 5.75 Å². The van der Waals surface area contributed by atoms with Gasteiger partial charge >= 0.3 is 0 Å². The second-order valence-corrected chi connectivity index (χ2v) is 6.01. The molecule has 1 unspecified atom stereocenters. The van der Waals surface area contributed by atoms with E-state index in [0.717, 1.165) is 22.2 Å². The van der Waals surface area contributed by atoms with Crippen LogP contribution in [-0.4, -0.2) is 18.6 Å². The third-order valence-corrected chi connectivity index (χ3v) is 4.23. The van der Waals surface area contributed by atoms with Crippen LogP contribution in [0, 0.1) is 5.82 Å². The van der Waals surface area contributed by atoms with Gasteiger partial charge in [-0.3, -0.25) is 4.98 Å². The summed E-state index contributed by atoms with van der Waals surface area (Å²) in [5, 5.41) is 3.18. The van der Waals surface area contributed by atoms with Crippen molar-refractivity contribution in [2.24, 2.45) is 0 Å². The number of hydrogen-bond acceptors (Lipinski definition) is 3. The monoisotopic (exact) mass is 350 g/mol. The molecule has 1 aliphatic heterocycles. The SMILES string of the molecule is CNC(Cc1cc(Br)cc2c1OCC2)c1ccncc1F. The largest absolute Gasteiger partial charge is 0.493 e. The molecule has 0 saturated heterocycles. The Morgan fingerprint density at radius 1 is 1.48 bits per heavy atom. The zero-order chi connectivity index (χ0) is 14.8. The van der Waals surface area contributed by atoms with Crippen molar-refractivity contribution in [2.75, 3.05) is 13.7 Å². The molecule has 0 radical (unpaired) electrons. The number of halogens is 2. The van der Waals surface area contributed by atoms with Gasteiger partial charge in [0.15, 0.2) is 0 Å². The number of benzene rings is 1. The van der Waals surface area contributed by atoms with Crippen LogP contribution in [0.1, 0.15) is 22.7 Å². The lowest BCUT2D eigenvalue weighted by Crippen LogP contribution is -2.20. The number of hydrogen-bond donors (Lipinski definition) is 1. The van der Waals surface area contributed by atoms with Crippen LogP contribution in [0.3, 0.4) is 0 Å². The fourth-order valence-electron chi connectivity index (χ4n) is 2.75. The molecule has 21 heavy (non-hydrogen) atoms. The van der Waals surface area contributed by atoms with Crippen molar-refractivity contribution in [3.63, 3.8) is 0 Å². The van der Waals surface area contributed by atoms with Crippen LogP contribution in [0.5, 0.6) is 5.75 Å². The predicted octanol–water partition coefficient (Wildman–Crippen LogP) is 3.42. The number of pyridine rings is 1. The summed E-state index contributed by atoms with van der Waals surface area (Å²) in [5.74, 6) is 0.664. The maximum atomic E-state index is 13.9. The Morgan fingerprint density at radius 2 is 2.33 bits per heavy atom. The van der Waals surface area contributed by atoms with Gasteiger partial charge in [0.1, 0.15) is 11.6 Å². The Morgan fingerprint density at radius 3 is 3.10 bits per heavy atom. The van der Waals surface area contributed by atoms with Crippen LogP contribution in [0.2, 0.25) is 0 Å². The van der Waals surface area contributed by atoms with Gasteiger partial charge < -0.3 is 10.1 Å². The molecule has 0 spiro atoms. The average Bonchev–Trinajstić information content (AvgIpc) is 2.93. The first-order valence-electron chi connectivity index (χ1n) is 6.90. The summed E-state index contributed by atoms with van der Waals surface area (Å²) >= 11 is 3.54. The molecule has 1 N–H and O–H groups in total. The quantitative estimate of drug-likeness (QED) is 0.917. The predicted molar refractivity (Wildman–Crippen MR) is 83.0 cm³/mol. The second-order valence-electron chi connectivity index (χ2n) is 5.09. The van der Waals surface area contributed by atoms with E-state index >= 15 is 0 Å². The first-order valence-corrected chi connectivity index (χ1v) is 7.69. The van der Waals surface area contributed by atoms with E-state index < -0.39 is 0 Å². The molecule has 1 atom stereocenters. The molecule has 3 nitrogen and oxygen atoms in total. The molecule has 1 aromatic heterocycles. The molecule has 5 heteroatoms. The van der Waals surface area contributed by atoms with Gasteiger partial charge in [-0.25, -0.2) is 4.39 Å². The van der Waals surface area contributed by atoms with Gasteiger partial charge in [-0.2, -0.15) is 0 Å². The summed E-state index contributed by atoms with van der Waals surface area (Å²) in [4.78, 5) is 3.81. The summed E-state index contributed by atoms with van der Waals surface area (Å²) in [6, 6.07) is 5.74. The zero-order valence-corrected chi connectivity index (χ0v) is 13.3. The normalized spacial score (nSPS) is 14.6. The molecule has 2 aromatic rings.